The highest BCUT2D eigenvalue weighted by Crippen LogP contribution is 2.26. The molecular weight excluding hydrogens is 460 g/mol. The van der Waals surface area contributed by atoms with Gasteiger partial charge in [0.05, 0.1) is 22.6 Å². The molecule has 0 spiro atoms. The molecule has 1 fully saturated rings. The van der Waals surface area contributed by atoms with Crippen molar-refractivity contribution < 1.29 is 32.3 Å². The molecule has 1 saturated heterocycles. The molecule has 2 heterocycles. The maximum absolute atomic E-state index is 13.2. The van der Waals surface area contributed by atoms with Crippen LogP contribution >= 0.6 is 0 Å². The van der Waals surface area contributed by atoms with Crippen molar-refractivity contribution in [3.63, 3.8) is 0 Å². The van der Waals surface area contributed by atoms with Gasteiger partial charge in [-0.1, -0.05) is 42.5 Å². The number of nitrogens with one attached hydrogen (secondary N) is 1. The summed E-state index contributed by atoms with van der Waals surface area (Å²) >= 11 is 0. The first-order valence-electron chi connectivity index (χ1n) is 10.9. The number of carbonyl (C=O) groups is 4. The number of sulfone groups is 1. The number of nitrogens with zero attached hydrogens (tertiary/aromatic N) is 1. The van der Waals surface area contributed by atoms with Crippen molar-refractivity contribution in [1.82, 2.24) is 10.2 Å². The highest BCUT2D eigenvalue weighted by molar-refractivity contribution is 7.91. The van der Waals surface area contributed by atoms with Crippen molar-refractivity contribution >= 4 is 33.5 Å². The van der Waals surface area contributed by atoms with Gasteiger partial charge in [0, 0.05) is 12.5 Å². The van der Waals surface area contributed by atoms with Crippen molar-refractivity contribution in [3.8, 4) is 0 Å². The lowest BCUT2D eigenvalue weighted by Gasteiger charge is -2.26. The third-order valence-electron chi connectivity index (χ3n) is 5.92. The third kappa shape index (κ3) is 4.86. The molecule has 3 atom stereocenters. The number of hydrogen-bond donors (Lipinski definition) is 1. The lowest BCUT2D eigenvalue weighted by Crippen LogP contribution is -2.49. The van der Waals surface area contributed by atoms with Gasteiger partial charge in [-0.2, -0.15) is 0 Å². The molecule has 0 aliphatic carbocycles. The Morgan fingerprint density at radius 1 is 1.03 bits per heavy atom. The number of benzene rings is 2. The fraction of sp³-hybridized carbons (Fsp3) is 0.333. The number of ether oxygens (including phenoxy) is 1. The Morgan fingerprint density at radius 3 is 2.18 bits per heavy atom. The minimum Gasteiger partial charge on any atom is -0.451 e. The van der Waals surface area contributed by atoms with Crippen molar-refractivity contribution in [2.75, 3.05) is 11.5 Å². The average molecular weight is 485 g/mol. The van der Waals surface area contributed by atoms with Crippen LogP contribution in [0.1, 0.15) is 39.6 Å². The lowest BCUT2D eigenvalue weighted by atomic mass is 10.0. The minimum atomic E-state index is -3.19. The smallest absolute Gasteiger partial charge is 0.330 e. The summed E-state index contributed by atoms with van der Waals surface area (Å²) in [6.07, 6.45) is -0.940. The van der Waals surface area contributed by atoms with E-state index in [9.17, 15) is 27.6 Å². The minimum absolute atomic E-state index is 0.00892. The fourth-order valence-corrected chi connectivity index (χ4v) is 5.82. The highest BCUT2D eigenvalue weighted by atomic mass is 32.2. The Bertz CT molecular complexity index is 1210. The number of carbonyl (C=O) groups excluding carboxylic acids is 4. The van der Waals surface area contributed by atoms with E-state index in [0.717, 1.165) is 4.90 Å². The summed E-state index contributed by atoms with van der Waals surface area (Å²) in [7, 11) is -3.19. The van der Waals surface area contributed by atoms with Crippen LogP contribution in [0.15, 0.2) is 54.6 Å². The maximum Gasteiger partial charge on any atom is 0.330 e. The quantitative estimate of drug-likeness (QED) is 0.461. The van der Waals surface area contributed by atoms with Crippen LogP contribution in [0.4, 0.5) is 0 Å². The molecule has 0 bridgehead atoms. The summed E-state index contributed by atoms with van der Waals surface area (Å²) in [5, 5.41) is 2.59. The zero-order valence-electron chi connectivity index (χ0n) is 18.5. The van der Waals surface area contributed by atoms with Crippen LogP contribution in [-0.2, 0) is 30.6 Å². The van der Waals surface area contributed by atoms with Crippen molar-refractivity contribution in [2.24, 2.45) is 0 Å². The molecule has 2 aliphatic heterocycles. The number of esters is 1. The summed E-state index contributed by atoms with van der Waals surface area (Å²) in [5.41, 5.74) is 1.10. The zero-order chi connectivity index (χ0) is 24.5. The Balaban J connectivity index is 1.52. The number of imide groups is 1. The molecule has 4 rings (SSSR count). The first-order chi connectivity index (χ1) is 16.2. The van der Waals surface area contributed by atoms with Gasteiger partial charge in [-0.05, 0) is 31.0 Å². The molecule has 0 radical (unpaired) electrons. The molecule has 10 heteroatoms. The Labute approximate surface area is 197 Å². The largest absolute Gasteiger partial charge is 0.451 e. The molecule has 2 aliphatic rings. The molecule has 0 aromatic heterocycles. The number of rotatable bonds is 7. The first kappa shape index (κ1) is 23.6. The van der Waals surface area contributed by atoms with Crippen molar-refractivity contribution in [2.45, 2.75) is 38.0 Å². The molecule has 3 amide bonds. The molecule has 0 saturated carbocycles. The molecule has 178 valence electrons. The monoisotopic (exact) mass is 484 g/mol. The van der Waals surface area contributed by atoms with Gasteiger partial charge in [0.25, 0.3) is 17.7 Å². The Hall–Kier alpha value is -3.53. The van der Waals surface area contributed by atoms with Crippen LogP contribution in [0, 0.1) is 0 Å². The van der Waals surface area contributed by atoms with Gasteiger partial charge in [-0.25, -0.2) is 13.2 Å². The first-order valence-corrected chi connectivity index (χ1v) is 12.7. The average Bonchev–Trinajstić information content (AvgIpc) is 3.28. The summed E-state index contributed by atoms with van der Waals surface area (Å²) < 4.78 is 28.6. The second-order valence-electron chi connectivity index (χ2n) is 8.42. The summed E-state index contributed by atoms with van der Waals surface area (Å²) in [6, 6.07) is 13.3. The number of fused-ring (bicyclic) bond motifs is 1. The standard InChI is InChI=1S/C24H24N2O7S/c1-15(21(27)25-17-11-12-34(31,32)14-17)33-24(30)20(13-16-7-3-2-4-8-16)26-22(28)18-9-5-6-10-19(18)23(26)29/h2-10,15,17,20H,11-14H2,1H3,(H,25,27)/t15-,17-,20+/m0/s1. The van der Waals surface area contributed by atoms with Crippen LogP contribution in [-0.4, -0.2) is 66.7 Å². The van der Waals surface area contributed by atoms with Crippen LogP contribution in [0.5, 0.6) is 0 Å². The maximum atomic E-state index is 13.2. The summed E-state index contributed by atoms with van der Waals surface area (Å²) in [6.45, 7) is 1.36. The third-order valence-corrected chi connectivity index (χ3v) is 7.69. The second kappa shape index (κ2) is 9.38. The molecule has 9 nitrogen and oxygen atoms in total. The molecular formula is C24H24N2O7S. The highest BCUT2D eigenvalue weighted by Gasteiger charge is 2.44. The molecule has 0 unspecified atom stereocenters. The lowest BCUT2D eigenvalue weighted by molar-refractivity contribution is -0.158. The predicted octanol–water partition coefficient (Wildman–Crippen LogP) is 1.13. The van der Waals surface area contributed by atoms with Gasteiger partial charge in [0.15, 0.2) is 15.9 Å². The van der Waals surface area contributed by atoms with Gasteiger partial charge < -0.3 is 10.1 Å². The topological polar surface area (TPSA) is 127 Å². The number of hydrogen-bond acceptors (Lipinski definition) is 7. The molecule has 2 aromatic carbocycles. The van der Waals surface area contributed by atoms with Crippen LogP contribution in [0.3, 0.4) is 0 Å². The van der Waals surface area contributed by atoms with Crippen LogP contribution < -0.4 is 5.32 Å². The fourth-order valence-electron chi connectivity index (χ4n) is 4.14. The molecule has 2 aromatic rings. The number of amides is 3. The SMILES string of the molecule is C[C@H](OC(=O)[C@@H](Cc1ccccc1)N1C(=O)c2ccccc2C1=O)C(=O)N[C@H]1CCS(=O)(=O)C1. The van der Waals surface area contributed by atoms with E-state index in [2.05, 4.69) is 5.32 Å². The summed E-state index contributed by atoms with van der Waals surface area (Å²) in [4.78, 5) is 52.6. The van der Waals surface area contributed by atoms with Gasteiger partial charge in [0.1, 0.15) is 6.04 Å². The summed E-state index contributed by atoms with van der Waals surface area (Å²) in [5.74, 6) is -2.93. The van der Waals surface area contributed by atoms with E-state index in [-0.39, 0.29) is 29.1 Å². The predicted molar refractivity (Wildman–Crippen MR) is 122 cm³/mol. The normalized spacial score (nSPS) is 20.5. The zero-order valence-corrected chi connectivity index (χ0v) is 19.3. The van der Waals surface area contributed by atoms with E-state index in [4.69, 9.17) is 4.74 Å². The van der Waals surface area contributed by atoms with Crippen molar-refractivity contribution in [1.29, 1.82) is 0 Å². The second-order valence-corrected chi connectivity index (χ2v) is 10.6. The van der Waals surface area contributed by atoms with Gasteiger partial charge in [-0.15, -0.1) is 0 Å². The van der Waals surface area contributed by atoms with E-state index in [0.29, 0.717) is 12.0 Å². The molecule has 34 heavy (non-hydrogen) atoms. The van der Waals surface area contributed by atoms with E-state index in [1.807, 2.05) is 0 Å². The van der Waals surface area contributed by atoms with E-state index >= 15 is 0 Å². The van der Waals surface area contributed by atoms with Crippen molar-refractivity contribution in [3.05, 3.63) is 71.3 Å². The van der Waals surface area contributed by atoms with Crippen LogP contribution in [0.25, 0.3) is 0 Å². The van der Waals surface area contributed by atoms with E-state index in [1.165, 1.54) is 19.1 Å². The van der Waals surface area contributed by atoms with E-state index < -0.39 is 51.7 Å². The molecule has 1 N–H and O–H groups in total. The Morgan fingerprint density at radius 2 is 1.62 bits per heavy atom. The van der Waals surface area contributed by atoms with Gasteiger partial charge in [0.2, 0.25) is 0 Å². The van der Waals surface area contributed by atoms with Crippen LogP contribution in [0.2, 0.25) is 0 Å². The van der Waals surface area contributed by atoms with Gasteiger partial charge in [-0.3, -0.25) is 19.3 Å². The van der Waals surface area contributed by atoms with E-state index in [1.54, 1.807) is 42.5 Å². The van der Waals surface area contributed by atoms with Gasteiger partial charge >= 0.3 is 5.97 Å². The Kier molecular flexibility index (Phi) is 6.52.